The van der Waals surface area contributed by atoms with E-state index in [0.29, 0.717) is 28.7 Å². The summed E-state index contributed by atoms with van der Waals surface area (Å²) in [6.07, 6.45) is 3.55. The zero-order valence-corrected chi connectivity index (χ0v) is 12.5. The molecule has 0 radical (unpaired) electrons. The average Bonchev–Trinajstić information content (AvgIpc) is 2.54. The van der Waals surface area contributed by atoms with Crippen molar-refractivity contribution in [1.82, 2.24) is 9.55 Å². The van der Waals surface area contributed by atoms with E-state index in [-0.39, 0.29) is 0 Å². The standard InChI is InChI=1S/C17H14ClN3O/c18-16-9-8-13(11-20-16)12-21-10-4-7-15(17(21)19)22-14-5-2-1-3-6-14/h1-11,19H,12H2. The van der Waals surface area contributed by atoms with Crippen LogP contribution in [-0.2, 0) is 6.54 Å². The molecule has 2 heterocycles. The van der Waals surface area contributed by atoms with Gasteiger partial charge in [-0.15, -0.1) is 0 Å². The van der Waals surface area contributed by atoms with Crippen molar-refractivity contribution in [2.75, 3.05) is 0 Å². The third-order valence-corrected chi connectivity index (χ3v) is 3.37. The van der Waals surface area contributed by atoms with Crippen LogP contribution in [0.3, 0.4) is 0 Å². The van der Waals surface area contributed by atoms with Crippen LogP contribution in [0.5, 0.6) is 11.5 Å². The number of hydrogen-bond donors (Lipinski definition) is 1. The fourth-order valence-electron chi connectivity index (χ4n) is 2.06. The number of ether oxygens (including phenoxy) is 1. The van der Waals surface area contributed by atoms with Gasteiger partial charge in [-0.3, -0.25) is 5.41 Å². The fourth-order valence-corrected chi connectivity index (χ4v) is 2.17. The molecule has 5 heteroatoms. The zero-order chi connectivity index (χ0) is 15.4. The number of pyridine rings is 2. The molecule has 0 atom stereocenters. The molecule has 0 aliphatic rings. The van der Waals surface area contributed by atoms with Crippen LogP contribution in [0.25, 0.3) is 0 Å². The Hall–Kier alpha value is -2.59. The molecule has 1 N–H and O–H groups in total. The van der Waals surface area contributed by atoms with Gasteiger partial charge in [-0.05, 0) is 35.9 Å². The van der Waals surface area contributed by atoms with Gasteiger partial charge in [-0.2, -0.15) is 0 Å². The van der Waals surface area contributed by atoms with Gasteiger partial charge in [0.1, 0.15) is 10.9 Å². The highest BCUT2D eigenvalue weighted by Crippen LogP contribution is 2.17. The van der Waals surface area contributed by atoms with Crippen molar-refractivity contribution in [2.45, 2.75) is 6.54 Å². The van der Waals surface area contributed by atoms with Crippen molar-refractivity contribution in [1.29, 1.82) is 5.41 Å². The molecule has 0 amide bonds. The maximum Gasteiger partial charge on any atom is 0.169 e. The molecule has 0 unspecified atom stereocenters. The van der Waals surface area contributed by atoms with Crippen molar-refractivity contribution in [2.24, 2.45) is 0 Å². The smallest absolute Gasteiger partial charge is 0.169 e. The monoisotopic (exact) mass is 311 g/mol. The summed E-state index contributed by atoms with van der Waals surface area (Å²) in [6, 6.07) is 16.7. The van der Waals surface area contributed by atoms with Crippen LogP contribution in [0.1, 0.15) is 5.56 Å². The lowest BCUT2D eigenvalue weighted by atomic mass is 10.3. The van der Waals surface area contributed by atoms with Gasteiger partial charge in [0.15, 0.2) is 11.2 Å². The molecule has 0 aliphatic carbocycles. The number of rotatable bonds is 4. The van der Waals surface area contributed by atoms with Gasteiger partial charge in [0, 0.05) is 12.4 Å². The summed E-state index contributed by atoms with van der Waals surface area (Å²) in [5, 5.41) is 8.74. The molecule has 3 rings (SSSR count). The van der Waals surface area contributed by atoms with E-state index in [1.165, 1.54) is 0 Å². The molecule has 0 saturated carbocycles. The topological polar surface area (TPSA) is 50.9 Å². The van der Waals surface area contributed by atoms with E-state index >= 15 is 0 Å². The minimum Gasteiger partial charge on any atom is -0.453 e. The number of nitrogens with zero attached hydrogens (tertiary/aromatic N) is 2. The zero-order valence-electron chi connectivity index (χ0n) is 11.7. The van der Waals surface area contributed by atoms with Gasteiger partial charge >= 0.3 is 0 Å². The van der Waals surface area contributed by atoms with Gasteiger partial charge < -0.3 is 9.30 Å². The number of nitrogens with one attached hydrogen (secondary N) is 1. The first kappa shape index (κ1) is 14.4. The Morgan fingerprint density at radius 2 is 1.86 bits per heavy atom. The first-order valence-corrected chi connectivity index (χ1v) is 7.17. The molecule has 0 saturated heterocycles. The molecule has 0 aliphatic heterocycles. The summed E-state index contributed by atoms with van der Waals surface area (Å²) in [5.41, 5.74) is 1.28. The average molecular weight is 312 g/mol. The van der Waals surface area contributed by atoms with E-state index in [1.807, 2.05) is 48.7 Å². The van der Waals surface area contributed by atoms with E-state index in [9.17, 15) is 0 Å². The Morgan fingerprint density at radius 1 is 1.05 bits per heavy atom. The molecule has 22 heavy (non-hydrogen) atoms. The third-order valence-electron chi connectivity index (χ3n) is 3.15. The normalized spacial score (nSPS) is 10.4. The Bertz CT molecular complexity index is 813. The van der Waals surface area contributed by atoms with Gasteiger partial charge in [-0.1, -0.05) is 35.9 Å². The Labute approximate surface area is 133 Å². The largest absolute Gasteiger partial charge is 0.453 e. The number of hydrogen-bond acceptors (Lipinski definition) is 3. The van der Waals surface area contributed by atoms with Crippen molar-refractivity contribution >= 4 is 11.6 Å². The molecule has 0 spiro atoms. The predicted molar refractivity (Wildman–Crippen MR) is 85.2 cm³/mol. The highest BCUT2D eigenvalue weighted by Gasteiger charge is 2.04. The molecule has 0 fully saturated rings. The van der Waals surface area contributed by atoms with Crippen molar-refractivity contribution in [3.63, 3.8) is 0 Å². The number of aromatic nitrogens is 2. The molecule has 2 aromatic heterocycles. The van der Waals surface area contributed by atoms with Crippen LogP contribution in [0.15, 0.2) is 67.0 Å². The van der Waals surface area contributed by atoms with Crippen LogP contribution >= 0.6 is 11.6 Å². The summed E-state index contributed by atoms with van der Waals surface area (Å²) >= 11 is 5.79. The van der Waals surface area contributed by atoms with Gasteiger partial charge in [0.05, 0.1) is 6.54 Å². The Kier molecular flexibility index (Phi) is 4.21. The van der Waals surface area contributed by atoms with Gasteiger partial charge in [0.2, 0.25) is 0 Å². The second-order valence-corrected chi connectivity index (χ2v) is 5.14. The number of para-hydroxylation sites is 1. The van der Waals surface area contributed by atoms with Gasteiger partial charge in [-0.25, -0.2) is 4.98 Å². The highest BCUT2D eigenvalue weighted by molar-refractivity contribution is 6.29. The van der Waals surface area contributed by atoms with E-state index in [4.69, 9.17) is 21.7 Å². The number of benzene rings is 1. The van der Waals surface area contributed by atoms with E-state index in [0.717, 1.165) is 5.56 Å². The van der Waals surface area contributed by atoms with Crippen LogP contribution in [-0.4, -0.2) is 9.55 Å². The molecular formula is C17H14ClN3O. The highest BCUT2D eigenvalue weighted by atomic mass is 35.5. The lowest BCUT2D eigenvalue weighted by Crippen LogP contribution is -2.21. The molecule has 0 bridgehead atoms. The quantitative estimate of drug-likeness (QED) is 0.744. The molecular weight excluding hydrogens is 298 g/mol. The second kappa shape index (κ2) is 6.45. The number of halogens is 1. The van der Waals surface area contributed by atoms with E-state index < -0.39 is 0 Å². The van der Waals surface area contributed by atoms with Crippen LogP contribution in [0.4, 0.5) is 0 Å². The van der Waals surface area contributed by atoms with Crippen LogP contribution in [0, 0.1) is 5.41 Å². The maximum atomic E-state index is 8.28. The second-order valence-electron chi connectivity index (χ2n) is 4.75. The van der Waals surface area contributed by atoms with E-state index in [2.05, 4.69) is 4.98 Å². The Balaban J connectivity index is 1.86. The fraction of sp³-hybridized carbons (Fsp3) is 0.0588. The molecule has 3 aromatic rings. The first-order chi connectivity index (χ1) is 10.7. The summed E-state index contributed by atoms with van der Waals surface area (Å²) in [4.78, 5) is 4.05. The summed E-state index contributed by atoms with van der Waals surface area (Å²) in [6.45, 7) is 0.537. The maximum absolute atomic E-state index is 8.28. The Morgan fingerprint density at radius 3 is 2.59 bits per heavy atom. The third kappa shape index (κ3) is 3.35. The van der Waals surface area contributed by atoms with Crippen molar-refractivity contribution in [3.8, 4) is 11.5 Å². The van der Waals surface area contributed by atoms with Crippen molar-refractivity contribution < 1.29 is 4.74 Å². The van der Waals surface area contributed by atoms with Crippen LogP contribution < -0.4 is 10.2 Å². The van der Waals surface area contributed by atoms with Gasteiger partial charge in [0.25, 0.3) is 0 Å². The summed E-state index contributed by atoms with van der Waals surface area (Å²) in [7, 11) is 0. The minimum absolute atomic E-state index is 0.307. The van der Waals surface area contributed by atoms with Crippen LogP contribution in [0.2, 0.25) is 5.15 Å². The molecule has 4 nitrogen and oxygen atoms in total. The first-order valence-electron chi connectivity index (χ1n) is 6.80. The molecule has 1 aromatic carbocycles. The summed E-state index contributed by atoms with van der Waals surface area (Å²) < 4.78 is 7.56. The lowest BCUT2D eigenvalue weighted by molar-refractivity contribution is 0.462. The predicted octanol–water partition coefficient (Wildman–Crippen LogP) is 3.86. The summed E-state index contributed by atoms with van der Waals surface area (Å²) in [5.74, 6) is 1.22. The van der Waals surface area contributed by atoms with Crippen molar-refractivity contribution in [3.05, 3.63) is 83.2 Å². The van der Waals surface area contributed by atoms with E-state index in [1.54, 1.807) is 22.9 Å². The SMILES string of the molecule is N=c1c(Oc2ccccc2)cccn1Cc1ccc(Cl)nc1. The molecule has 110 valence electrons. The minimum atomic E-state index is 0.307. The lowest BCUT2D eigenvalue weighted by Gasteiger charge is -2.11.